The second-order valence-corrected chi connectivity index (χ2v) is 16.4. The van der Waals surface area contributed by atoms with Gasteiger partial charge in [0, 0.05) is 18.4 Å². The highest BCUT2D eigenvalue weighted by Crippen LogP contribution is 2.65. The van der Waals surface area contributed by atoms with Gasteiger partial charge in [-0.1, -0.05) is 68.8 Å². The molecular formula is C39H53BN2O7. The maximum Gasteiger partial charge on any atom is 0.481 e. The Balaban J connectivity index is 1.07. The molecule has 0 unspecified atom stereocenters. The van der Waals surface area contributed by atoms with Crippen LogP contribution in [0.4, 0.5) is 4.79 Å². The molecule has 7 rings (SSSR count). The van der Waals surface area contributed by atoms with E-state index in [4.69, 9.17) is 18.8 Å². The van der Waals surface area contributed by atoms with Gasteiger partial charge in [0.1, 0.15) is 12.2 Å². The number of fused-ring (bicyclic) bond motifs is 3. The average molecular weight is 673 g/mol. The lowest BCUT2D eigenvalue weighted by atomic mass is 9.43. The second kappa shape index (κ2) is 13.7. The lowest BCUT2D eigenvalue weighted by molar-refractivity contribution is -0.199. The molecule has 264 valence electrons. The molecule has 1 heterocycles. The molecule has 6 atom stereocenters. The molecule has 2 amide bonds. The maximum atomic E-state index is 13.8. The lowest BCUT2D eigenvalue weighted by Crippen LogP contribution is -2.65. The smallest absolute Gasteiger partial charge is 0.465 e. The number of carbonyl (C=O) groups excluding carboxylic acids is 3. The zero-order chi connectivity index (χ0) is 35.1. The zero-order valence-electron chi connectivity index (χ0n) is 30.2. The fourth-order valence-electron chi connectivity index (χ4n) is 8.75. The van der Waals surface area contributed by atoms with E-state index in [1.165, 1.54) is 0 Å². The summed E-state index contributed by atoms with van der Waals surface area (Å²) in [5.41, 5.74) is 3.89. The molecule has 1 saturated heterocycles. The van der Waals surface area contributed by atoms with Crippen molar-refractivity contribution in [3.8, 4) is 11.1 Å². The van der Waals surface area contributed by atoms with E-state index < -0.39 is 36.6 Å². The normalized spacial score (nSPS) is 26.0. The third-order valence-electron chi connectivity index (χ3n) is 11.6. The Morgan fingerprint density at radius 2 is 1.63 bits per heavy atom. The van der Waals surface area contributed by atoms with Crippen molar-refractivity contribution in [2.45, 2.75) is 116 Å². The van der Waals surface area contributed by atoms with Gasteiger partial charge in [0.15, 0.2) is 0 Å². The number of rotatable bonds is 12. The van der Waals surface area contributed by atoms with Crippen LogP contribution >= 0.6 is 0 Å². The van der Waals surface area contributed by atoms with Crippen molar-refractivity contribution in [3.05, 3.63) is 59.7 Å². The van der Waals surface area contributed by atoms with Crippen LogP contribution < -0.4 is 10.6 Å². The van der Waals surface area contributed by atoms with Crippen LogP contribution in [0.1, 0.15) is 104 Å². The van der Waals surface area contributed by atoms with Crippen LogP contribution in [-0.2, 0) is 28.4 Å². The van der Waals surface area contributed by atoms with Gasteiger partial charge in [-0.05, 0) is 99.8 Å². The molecule has 49 heavy (non-hydrogen) atoms. The number of unbranched alkanes of at least 4 members (excludes halogenated alkanes) is 1. The van der Waals surface area contributed by atoms with Crippen LogP contribution in [0.25, 0.3) is 11.1 Å². The Morgan fingerprint density at radius 3 is 2.27 bits per heavy atom. The van der Waals surface area contributed by atoms with E-state index in [2.05, 4.69) is 55.7 Å². The molecule has 2 aromatic carbocycles. The Kier molecular flexibility index (Phi) is 9.95. The van der Waals surface area contributed by atoms with Gasteiger partial charge < -0.3 is 29.4 Å². The summed E-state index contributed by atoms with van der Waals surface area (Å²) in [6.45, 7) is 14.8. The van der Waals surface area contributed by atoms with Crippen molar-refractivity contribution < 1.29 is 33.2 Å². The largest absolute Gasteiger partial charge is 0.481 e. The van der Waals surface area contributed by atoms with E-state index in [1.54, 1.807) is 0 Å². The molecule has 3 saturated carbocycles. The Morgan fingerprint density at radius 1 is 0.980 bits per heavy atom. The standard InChI is InChI=1S/C39H53BN2O7/c1-24(40-48-33-22-26-21-32(38(26,5)6)39(33,7)49-40)42-35(44)25(14-12-13-19-41-36(45)47-37(2,3)4)20-34(43)46-23-31-29-17-10-8-15-27(29)28-16-9-11-18-30(28)31/h8-11,15-18,24-26,31-33H,12-14,19-23H2,1-7H3,(H,41,45)(H,42,44)/t24-,25+,26-,32-,33+,39-/m0/s1. The molecule has 5 aliphatic rings. The fraction of sp³-hybridized carbons (Fsp3) is 0.615. The Hall–Kier alpha value is -3.37. The first-order valence-electron chi connectivity index (χ1n) is 18.1. The van der Waals surface area contributed by atoms with Crippen molar-refractivity contribution in [2.24, 2.45) is 23.2 Å². The van der Waals surface area contributed by atoms with E-state index >= 15 is 0 Å². The molecule has 0 spiro atoms. The van der Waals surface area contributed by atoms with Crippen molar-refractivity contribution in [2.75, 3.05) is 13.2 Å². The van der Waals surface area contributed by atoms with Crippen LogP contribution in [0.15, 0.2) is 48.5 Å². The minimum Gasteiger partial charge on any atom is -0.465 e. The summed E-state index contributed by atoms with van der Waals surface area (Å²) in [6.07, 6.45) is 3.36. The van der Waals surface area contributed by atoms with E-state index in [0.717, 1.165) is 35.1 Å². The number of alkyl carbamates (subject to hydrolysis) is 1. The van der Waals surface area contributed by atoms with Crippen LogP contribution in [0.2, 0.25) is 0 Å². The number of esters is 1. The summed E-state index contributed by atoms with van der Waals surface area (Å²) < 4.78 is 24.3. The van der Waals surface area contributed by atoms with Crippen molar-refractivity contribution >= 4 is 25.1 Å². The SMILES string of the molecule is C[C@H](NC(=O)[C@H](CCCCNC(=O)OC(C)(C)C)CC(=O)OCC1c2ccccc2-c2ccccc21)B1O[C@@H]2C[C@@H]3C[C@@H](C3(C)C)[C@]2(C)O1. The van der Waals surface area contributed by atoms with Crippen molar-refractivity contribution in [1.82, 2.24) is 10.6 Å². The molecule has 2 N–H and O–H groups in total. The number of hydrogen-bond acceptors (Lipinski definition) is 7. The fourth-order valence-corrected chi connectivity index (χ4v) is 8.75. The monoisotopic (exact) mass is 672 g/mol. The van der Waals surface area contributed by atoms with Gasteiger partial charge in [-0.2, -0.15) is 0 Å². The van der Waals surface area contributed by atoms with E-state index in [1.807, 2.05) is 52.0 Å². The first-order valence-corrected chi connectivity index (χ1v) is 18.1. The minimum atomic E-state index is -0.606. The molecule has 9 nitrogen and oxygen atoms in total. The van der Waals surface area contributed by atoms with Gasteiger partial charge >= 0.3 is 19.2 Å². The van der Waals surface area contributed by atoms with Gasteiger partial charge in [0.2, 0.25) is 5.91 Å². The average Bonchev–Trinajstić information content (AvgIpc) is 3.57. The number of carbonyl (C=O) groups is 3. The Bertz CT molecular complexity index is 1510. The predicted molar refractivity (Wildman–Crippen MR) is 189 cm³/mol. The zero-order valence-corrected chi connectivity index (χ0v) is 30.2. The quantitative estimate of drug-likeness (QED) is 0.145. The van der Waals surface area contributed by atoms with Gasteiger partial charge in [-0.15, -0.1) is 0 Å². The number of hydrogen-bond donors (Lipinski definition) is 2. The van der Waals surface area contributed by atoms with Crippen molar-refractivity contribution in [3.63, 3.8) is 0 Å². The number of amides is 2. The molecule has 1 aliphatic heterocycles. The van der Waals surface area contributed by atoms with E-state index in [0.29, 0.717) is 37.6 Å². The van der Waals surface area contributed by atoms with Crippen LogP contribution in [0.5, 0.6) is 0 Å². The number of ether oxygens (including phenoxy) is 2. The summed E-state index contributed by atoms with van der Waals surface area (Å²) >= 11 is 0. The van der Waals surface area contributed by atoms with Crippen molar-refractivity contribution in [1.29, 1.82) is 0 Å². The van der Waals surface area contributed by atoms with Gasteiger partial charge in [-0.25, -0.2) is 4.79 Å². The third-order valence-corrected chi connectivity index (χ3v) is 11.6. The second-order valence-electron chi connectivity index (χ2n) is 16.4. The molecule has 10 heteroatoms. The number of benzene rings is 2. The molecule has 0 radical (unpaired) electrons. The van der Waals surface area contributed by atoms with Gasteiger partial charge in [0.05, 0.1) is 24.1 Å². The van der Waals surface area contributed by atoms with E-state index in [-0.39, 0.29) is 42.0 Å². The van der Waals surface area contributed by atoms with E-state index in [9.17, 15) is 14.4 Å². The first kappa shape index (κ1) is 35.5. The third kappa shape index (κ3) is 7.27. The van der Waals surface area contributed by atoms with Crippen LogP contribution in [-0.4, -0.2) is 61.5 Å². The highest BCUT2D eigenvalue weighted by atomic mass is 16.7. The highest BCUT2D eigenvalue weighted by molar-refractivity contribution is 6.47. The molecule has 4 aliphatic carbocycles. The Labute approximate surface area is 291 Å². The predicted octanol–water partition coefficient (Wildman–Crippen LogP) is 6.82. The highest BCUT2D eigenvalue weighted by Gasteiger charge is 2.68. The molecule has 2 bridgehead atoms. The van der Waals surface area contributed by atoms with Crippen LogP contribution in [0, 0.1) is 23.2 Å². The molecule has 0 aromatic heterocycles. The molecule has 4 fully saturated rings. The summed E-state index contributed by atoms with van der Waals surface area (Å²) in [5, 5.41) is 5.90. The topological polar surface area (TPSA) is 112 Å². The number of nitrogens with one attached hydrogen (secondary N) is 2. The lowest BCUT2D eigenvalue weighted by Gasteiger charge is -2.64. The maximum absolute atomic E-state index is 13.8. The van der Waals surface area contributed by atoms with Crippen LogP contribution in [0.3, 0.4) is 0 Å². The summed E-state index contributed by atoms with van der Waals surface area (Å²) in [6, 6.07) is 16.5. The summed E-state index contributed by atoms with van der Waals surface area (Å²) in [4.78, 5) is 39.3. The summed E-state index contributed by atoms with van der Waals surface area (Å²) in [7, 11) is -0.553. The van der Waals surface area contributed by atoms with Gasteiger partial charge in [-0.3, -0.25) is 9.59 Å². The summed E-state index contributed by atoms with van der Waals surface area (Å²) in [5.74, 6) is -0.630. The minimum absolute atomic E-state index is 0.0164. The van der Waals surface area contributed by atoms with Gasteiger partial charge in [0.25, 0.3) is 0 Å². The molecule has 2 aromatic rings. The first-order chi connectivity index (χ1) is 23.2. The molecular weight excluding hydrogens is 619 g/mol.